The van der Waals surface area contributed by atoms with Crippen molar-refractivity contribution in [3.05, 3.63) is 33.8 Å². The number of benzene rings is 1. The highest BCUT2D eigenvalue weighted by molar-refractivity contribution is 7.98. The van der Waals surface area contributed by atoms with Gasteiger partial charge in [0.1, 0.15) is 6.04 Å². The number of alkyl carbamates (subject to hydrolysis) is 1. The van der Waals surface area contributed by atoms with Crippen molar-refractivity contribution in [1.29, 1.82) is 0 Å². The number of nitrogens with zero attached hydrogens (tertiary/aromatic N) is 1. The van der Waals surface area contributed by atoms with Gasteiger partial charge in [-0.1, -0.05) is 29.3 Å². The number of hydrogen-bond acceptors (Lipinski definition) is 6. The third kappa shape index (κ3) is 7.82. The molecule has 1 heterocycles. The standard InChI is InChI=1S/C22H27Cl2N3O6S/c1-3-33-22(32)25-12-15(21(30)31)26-20(29)14-8-10-27(11-9-14)17(28)7-5-13-4-6-16(34-2)19(24)18(13)23/h4-7,14-15H,3,8-12H2,1-2H3,(H,25,32)(H,26,29)(H,30,31). The summed E-state index contributed by atoms with van der Waals surface area (Å²) in [6.45, 7) is 2.16. The van der Waals surface area contributed by atoms with Gasteiger partial charge in [0.15, 0.2) is 0 Å². The number of nitrogens with one attached hydrogen (secondary N) is 2. The third-order valence-corrected chi connectivity index (χ3v) is 7.01. The van der Waals surface area contributed by atoms with Crippen molar-refractivity contribution in [2.75, 3.05) is 32.5 Å². The average molecular weight is 532 g/mol. The van der Waals surface area contributed by atoms with Crippen molar-refractivity contribution in [3.63, 3.8) is 0 Å². The Hall–Kier alpha value is -2.43. The summed E-state index contributed by atoms with van der Waals surface area (Å²) in [4.78, 5) is 50.3. The van der Waals surface area contributed by atoms with Crippen molar-refractivity contribution in [2.24, 2.45) is 5.92 Å². The topological polar surface area (TPSA) is 125 Å². The Morgan fingerprint density at radius 2 is 1.91 bits per heavy atom. The van der Waals surface area contributed by atoms with E-state index < -0.39 is 29.9 Å². The van der Waals surface area contributed by atoms with Gasteiger partial charge in [0.25, 0.3) is 0 Å². The zero-order valence-corrected chi connectivity index (χ0v) is 21.1. The van der Waals surface area contributed by atoms with Gasteiger partial charge < -0.3 is 25.4 Å². The number of likely N-dealkylation sites (tertiary alicyclic amines) is 1. The zero-order chi connectivity index (χ0) is 25.3. The summed E-state index contributed by atoms with van der Waals surface area (Å²) in [5.74, 6) is -2.37. The quantitative estimate of drug-likeness (QED) is 0.329. The second-order valence-electron chi connectivity index (χ2n) is 7.42. The van der Waals surface area contributed by atoms with E-state index in [1.54, 1.807) is 24.0 Å². The van der Waals surface area contributed by atoms with Gasteiger partial charge in [-0.25, -0.2) is 9.59 Å². The second kappa shape index (κ2) is 13.5. The van der Waals surface area contributed by atoms with Gasteiger partial charge in [0, 0.05) is 30.0 Å². The molecule has 34 heavy (non-hydrogen) atoms. The van der Waals surface area contributed by atoms with Gasteiger partial charge in [0.05, 0.1) is 23.2 Å². The molecule has 1 aliphatic heterocycles. The number of hydrogen-bond donors (Lipinski definition) is 3. The number of carbonyl (C=O) groups is 4. The molecule has 1 atom stereocenters. The van der Waals surface area contributed by atoms with Crippen LogP contribution in [0.1, 0.15) is 25.3 Å². The first kappa shape index (κ1) is 27.8. The molecule has 1 saturated heterocycles. The molecule has 1 fully saturated rings. The lowest BCUT2D eigenvalue weighted by Gasteiger charge is -2.31. The number of ether oxygens (including phenoxy) is 1. The molecule has 0 radical (unpaired) electrons. The molecule has 1 aromatic rings. The number of thioether (sulfide) groups is 1. The first-order valence-electron chi connectivity index (χ1n) is 10.6. The fourth-order valence-corrected chi connectivity index (χ4v) is 4.49. The number of halogens is 2. The minimum atomic E-state index is -1.28. The monoisotopic (exact) mass is 531 g/mol. The number of rotatable bonds is 9. The Morgan fingerprint density at radius 1 is 1.24 bits per heavy atom. The zero-order valence-electron chi connectivity index (χ0n) is 18.8. The Balaban J connectivity index is 1.88. The van der Waals surface area contributed by atoms with E-state index in [1.807, 2.05) is 12.3 Å². The van der Waals surface area contributed by atoms with Crippen LogP contribution >= 0.6 is 35.0 Å². The highest BCUT2D eigenvalue weighted by Crippen LogP contribution is 2.35. The van der Waals surface area contributed by atoms with Gasteiger partial charge in [-0.2, -0.15) is 0 Å². The minimum absolute atomic E-state index is 0.146. The van der Waals surface area contributed by atoms with Crippen LogP contribution in [-0.2, 0) is 19.1 Å². The van der Waals surface area contributed by atoms with E-state index in [1.165, 1.54) is 17.8 Å². The predicted octanol–water partition coefficient (Wildman–Crippen LogP) is 3.28. The van der Waals surface area contributed by atoms with Crippen LogP contribution in [0.5, 0.6) is 0 Å². The maximum Gasteiger partial charge on any atom is 0.407 e. The van der Waals surface area contributed by atoms with E-state index >= 15 is 0 Å². The molecule has 9 nitrogen and oxygen atoms in total. The van der Waals surface area contributed by atoms with Crippen LogP contribution in [0, 0.1) is 5.92 Å². The number of carboxylic acids is 1. The van der Waals surface area contributed by atoms with E-state index in [4.69, 9.17) is 23.2 Å². The molecule has 1 unspecified atom stereocenters. The lowest BCUT2D eigenvalue weighted by molar-refractivity contribution is -0.142. The first-order chi connectivity index (χ1) is 16.2. The molecule has 1 aromatic carbocycles. The highest BCUT2D eigenvalue weighted by atomic mass is 35.5. The van der Waals surface area contributed by atoms with E-state index in [2.05, 4.69) is 15.4 Å². The van der Waals surface area contributed by atoms with Crippen LogP contribution in [0.15, 0.2) is 23.1 Å². The maximum absolute atomic E-state index is 12.6. The maximum atomic E-state index is 12.6. The molecule has 0 aliphatic carbocycles. The van der Waals surface area contributed by atoms with Crippen molar-refractivity contribution in [2.45, 2.75) is 30.7 Å². The van der Waals surface area contributed by atoms with Crippen molar-refractivity contribution in [3.8, 4) is 0 Å². The molecule has 0 bridgehead atoms. The summed E-state index contributed by atoms with van der Waals surface area (Å²) < 4.78 is 4.68. The summed E-state index contributed by atoms with van der Waals surface area (Å²) in [6.07, 6.45) is 4.93. The van der Waals surface area contributed by atoms with E-state index in [9.17, 15) is 24.3 Å². The fourth-order valence-electron chi connectivity index (χ4n) is 3.32. The Bertz CT molecular complexity index is 951. The van der Waals surface area contributed by atoms with E-state index in [-0.39, 0.29) is 19.1 Å². The summed E-state index contributed by atoms with van der Waals surface area (Å²) >= 11 is 14.0. The minimum Gasteiger partial charge on any atom is -0.480 e. The number of aliphatic carboxylic acids is 1. The largest absolute Gasteiger partial charge is 0.480 e. The summed E-state index contributed by atoms with van der Waals surface area (Å²) in [6, 6.07) is 2.34. The van der Waals surface area contributed by atoms with Crippen LogP contribution in [0.4, 0.5) is 4.79 Å². The first-order valence-corrected chi connectivity index (χ1v) is 12.6. The van der Waals surface area contributed by atoms with Crippen LogP contribution < -0.4 is 10.6 Å². The third-order valence-electron chi connectivity index (χ3n) is 5.22. The summed E-state index contributed by atoms with van der Waals surface area (Å²) in [5.41, 5.74) is 0.628. The molecule has 2 rings (SSSR count). The van der Waals surface area contributed by atoms with E-state index in [0.29, 0.717) is 41.5 Å². The Morgan fingerprint density at radius 3 is 2.50 bits per heavy atom. The fraction of sp³-hybridized carbons (Fsp3) is 0.455. The summed E-state index contributed by atoms with van der Waals surface area (Å²) in [5, 5.41) is 14.9. The highest BCUT2D eigenvalue weighted by Gasteiger charge is 2.30. The smallest absolute Gasteiger partial charge is 0.407 e. The molecule has 0 saturated carbocycles. The molecular formula is C22H27Cl2N3O6S. The molecule has 1 aliphatic rings. The molecule has 12 heteroatoms. The lowest BCUT2D eigenvalue weighted by atomic mass is 9.95. The Labute approximate surface area is 212 Å². The number of piperidine rings is 1. The lowest BCUT2D eigenvalue weighted by Crippen LogP contribution is -2.51. The molecular weight excluding hydrogens is 505 g/mol. The van der Waals surface area contributed by atoms with Gasteiger partial charge >= 0.3 is 12.1 Å². The SMILES string of the molecule is CCOC(=O)NCC(NC(=O)C1CCN(C(=O)C=Cc2ccc(SC)c(Cl)c2Cl)CC1)C(=O)O. The molecule has 0 spiro atoms. The summed E-state index contributed by atoms with van der Waals surface area (Å²) in [7, 11) is 0. The second-order valence-corrected chi connectivity index (χ2v) is 9.02. The van der Waals surface area contributed by atoms with Gasteiger partial charge in [-0.05, 0) is 43.7 Å². The van der Waals surface area contributed by atoms with Gasteiger partial charge in [0.2, 0.25) is 11.8 Å². The van der Waals surface area contributed by atoms with Crippen LogP contribution in [-0.4, -0.2) is 72.4 Å². The van der Waals surface area contributed by atoms with Crippen LogP contribution in [0.25, 0.3) is 6.08 Å². The average Bonchev–Trinajstić information content (AvgIpc) is 2.82. The molecule has 3 amide bonds. The van der Waals surface area contributed by atoms with Crippen molar-refractivity contribution in [1.82, 2.24) is 15.5 Å². The van der Waals surface area contributed by atoms with Gasteiger partial charge in [-0.15, -0.1) is 11.8 Å². The number of amides is 3. The number of carbonyl (C=O) groups excluding carboxylic acids is 3. The number of carboxylic acid groups (broad SMARTS) is 1. The van der Waals surface area contributed by atoms with Crippen LogP contribution in [0.2, 0.25) is 10.0 Å². The molecule has 3 N–H and O–H groups in total. The van der Waals surface area contributed by atoms with E-state index in [0.717, 1.165) is 4.90 Å². The van der Waals surface area contributed by atoms with Crippen LogP contribution in [0.3, 0.4) is 0 Å². The molecule has 186 valence electrons. The van der Waals surface area contributed by atoms with Crippen molar-refractivity contribution < 1.29 is 29.0 Å². The normalized spacial score (nSPS) is 15.1. The Kier molecular flexibility index (Phi) is 11.0. The van der Waals surface area contributed by atoms with Gasteiger partial charge in [-0.3, -0.25) is 9.59 Å². The molecule has 0 aromatic heterocycles. The van der Waals surface area contributed by atoms with Crippen molar-refractivity contribution >= 4 is 64.9 Å². The predicted molar refractivity (Wildman–Crippen MR) is 131 cm³/mol.